The molecule has 2 aliphatic rings. The Labute approximate surface area is 208 Å². The van der Waals surface area contributed by atoms with Crippen LogP contribution in [0.1, 0.15) is 112 Å². The molecular formula is C30H38O5. The van der Waals surface area contributed by atoms with Gasteiger partial charge in [-0.1, -0.05) is 87.1 Å². The Morgan fingerprint density at radius 1 is 0.714 bits per heavy atom. The van der Waals surface area contributed by atoms with Gasteiger partial charge >= 0.3 is 11.9 Å². The first-order chi connectivity index (χ1) is 16.7. The highest BCUT2D eigenvalue weighted by atomic mass is 16.6. The molecule has 2 aromatic carbocycles. The van der Waals surface area contributed by atoms with Crippen molar-refractivity contribution in [3.63, 3.8) is 0 Å². The topological polar surface area (TPSA) is 83.8 Å². The number of aliphatic hydroxyl groups is 1. The number of rotatable bonds is 7. The van der Waals surface area contributed by atoms with E-state index in [-0.39, 0.29) is 0 Å². The van der Waals surface area contributed by atoms with E-state index in [9.17, 15) is 19.8 Å². The Kier molecular flexibility index (Phi) is 7.65. The van der Waals surface area contributed by atoms with Crippen LogP contribution < -0.4 is 0 Å². The van der Waals surface area contributed by atoms with Crippen LogP contribution in [0, 0.1) is 0 Å². The lowest BCUT2D eigenvalue weighted by molar-refractivity contribution is -0.191. The summed E-state index contributed by atoms with van der Waals surface area (Å²) in [6, 6.07) is 14.8. The lowest BCUT2D eigenvalue weighted by atomic mass is 9.83. The summed E-state index contributed by atoms with van der Waals surface area (Å²) < 4.78 is 5.55. The molecule has 5 nitrogen and oxygen atoms in total. The summed E-state index contributed by atoms with van der Waals surface area (Å²) in [5, 5.41) is 21.1. The van der Waals surface area contributed by atoms with E-state index < -0.39 is 23.1 Å². The van der Waals surface area contributed by atoms with E-state index >= 15 is 0 Å². The number of benzene rings is 2. The average Bonchev–Trinajstić information content (AvgIpc) is 2.89. The summed E-state index contributed by atoms with van der Waals surface area (Å²) in [4.78, 5) is 25.4. The molecule has 2 fully saturated rings. The standard InChI is InChI=1S/C30H38O5/c1-29(34,25-17-13-23(14-18-25)21-9-5-3-6-10-21)28(33)35-30(2,27(31)32)26-19-15-24(16-20-26)22-11-7-4-8-12-22/h13-22,34H,3-12H2,1-2H3,(H,31,32). The Morgan fingerprint density at radius 2 is 1.11 bits per heavy atom. The van der Waals surface area contributed by atoms with Crippen molar-refractivity contribution in [1.29, 1.82) is 0 Å². The monoisotopic (exact) mass is 478 g/mol. The molecule has 0 aliphatic heterocycles. The quantitative estimate of drug-likeness (QED) is 0.442. The maximum atomic E-state index is 13.1. The van der Waals surface area contributed by atoms with Gasteiger partial charge in [-0.2, -0.15) is 0 Å². The zero-order chi connectivity index (χ0) is 25.1. The van der Waals surface area contributed by atoms with Crippen molar-refractivity contribution in [3.8, 4) is 0 Å². The second-order valence-electron chi connectivity index (χ2n) is 10.7. The van der Waals surface area contributed by atoms with E-state index in [1.165, 1.54) is 63.5 Å². The predicted molar refractivity (Wildman–Crippen MR) is 135 cm³/mol. The fourth-order valence-electron chi connectivity index (χ4n) is 5.65. The molecule has 4 rings (SSSR count). The van der Waals surface area contributed by atoms with Gasteiger partial charge in [0.15, 0.2) is 5.60 Å². The van der Waals surface area contributed by atoms with Gasteiger partial charge in [0.05, 0.1) is 0 Å². The molecule has 0 amide bonds. The Hall–Kier alpha value is -2.66. The zero-order valence-electron chi connectivity index (χ0n) is 21.0. The highest BCUT2D eigenvalue weighted by Gasteiger charge is 2.45. The van der Waals surface area contributed by atoms with Gasteiger partial charge in [-0.05, 0) is 68.1 Å². The number of hydrogen-bond acceptors (Lipinski definition) is 4. The Balaban J connectivity index is 1.50. The van der Waals surface area contributed by atoms with Crippen molar-refractivity contribution in [3.05, 3.63) is 70.8 Å². The summed E-state index contributed by atoms with van der Waals surface area (Å²) >= 11 is 0. The summed E-state index contributed by atoms with van der Waals surface area (Å²) in [7, 11) is 0. The first-order valence-electron chi connectivity index (χ1n) is 13.1. The molecule has 5 heteroatoms. The van der Waals surface area contributed by atoms with Gasteiger partial charge in [-0.3, -0.25) is 0 Å². The van der Waals surface area contributed by atoms with Crippen LogP contribution in [0.25, 0.3) is 0 Å². The van der Waals surface area contributed by atoms with Crippen LogP contribution in [0.5, 0.6) is 0 Å². The van der Waals surface area contributed by atoms with Gasteiger partial charge < -0.3 is 14.9 Å². The smallest absolute Gasteiger partial charge is 0.352 e. The normalized spacial score (nSPS) is 21.0. The molecule has 0 aromatic heterocycles. The van der Waals surface area contributed by atoms with Crippen molar-refractivity contribution in [2.45, 2.75) is 101 Å². The molecule has 0 bridgehead atoms. The van der Waals surface area contributed by atoms with Gasteiger partial charge in [-0.15, -0.1) is 0 Å². The highest BCUT2D eigenvalue weighted by Crippen LogP contribution is 2.37. The zero-order valence-corrected chi connectivity index (χ0v) is 21.0. The number of carbonyl (C=O) groups excluding carboxylic acids is 1. The molecule has 2 unspecified atom stereocenters. The van der Waals surface area contributed by atoms with Gasteiger partial charge in [0.2, 0.25) is 5.60 Å². The van der Waals surface area contributed by atoms with E-state index in [2.05, 4.69) is 0 Å². The van der Waals surface area contributed by atoms with Crippen LogP contribution in [0.2, 0.25) is 0 Å². The number of aliphatic carboxylic acids is 1. The second-order valence-corrected chi connectivity index (χ2v) is 10.7. The summed E-state index contributed by atoms with van der Waals surface area (Å²) in [5.41, 5.74) is -0.703. The number of carboxylic acids is 1. The number of carboxylic acid groups (broad SMARTS) is 1. The largest absolute Gasteiger partial charge is 0.478 e. The highest BCUT2D eigenvalue weighted by molar-refractivity contribution is 5.87. The van der Waals surface area contributed by atoms with Crippen LogP contribution in [-0.4, -0.2) is 22.2 Å². The van der Waals surface area contributed by atoms with Crippen LogP contribution in [0.4, 0.5) is 0 Å². The van der Waals surface area contributed by atoms with Crippen molar-refractivity contribution in [1.82, 2.24) is 0 Å². The van der Waals surface area contributed by atoms with Crippen molar-refractivity contribution in [2.24, 2.45) is 0 Å². The van der Waals surface area contributed by atoms with E-state index in [1.54, 1.807) is 24.3 Å². The van der Waals surface area contributed by atoms with Gasteiger partial charge in [0.25, 0.3) is 0 Å². The Bertz CT molecular complexity index is 1010. The molecule has 2 aromatic rings. The third kappa shape index (κ3) is 5.45. The average molecular weight is 479 g/mol. The van der Waals surface area contributed by atoms with Crippen LogP contribution in [-0.2, 0) is 25.5 Å². The van der Waals surface area contributed by atoms with Gasteiger partial charge in [0.1, 0.15) is 0 Å². The fourth-order valence-corrected chi connectivity index (χ4v) is 5.65. The minimum absolute atomic E-state index is 0.376. The molecule has 35 heavy (non-hydrogen) atoms. The molecule has 0 radical (unpaired) electrons. The van der Waals surface area contributed by atoms with Crippen LogP contribution in [0.15, 0.2) is 48.5 Å². The summed E-state index contributed by atoms with van der Waals surface area (Å²) in [5.74, 6) is -1.25. The molecular weight excluding hydrogens is 440 g/mol. The van der Waals surface area contributed by atoms with Crippen molar-refractivity contribution >= 4 is 11.9 Å². The van der Waals surface area contributed by atoms with Crippen LogP contribution in [0.3, 0.4) is 0 Å². The van der Waals surface area contributed by atoms with Crippen molar-refractivity contribution in [2.75, 3.05) is 0 Å². The first-order valence-corrected chi connectivity index (χ1v) is 13.1. The SMILES string of the molecule is CC(O)(C(=O)OC(C)(C(=O)O)c1ccc(C2CCCCC2)cc1)c1ccc(C2CCCCC2)cc1. The molecule has 2 atom stereocenters. The van der Waals surface area contributed by atoms with E-state index in [4.69, 9.17) is 4.74 Å². The maximum absolute atomic E-state index is 13.1. The van der Waals surface area contributed by atoms with E-state index in [1.807, 2.05) is 24.3 Å². The number of carbonyl (C=O) groups is 2. The van der Waals surface area contributed by atoms with E-state index in [0.717, 1.165) is 25.7 Å². The minimum Gasteiger partial charge on any atom is -0.478 e. The predicted octanol–water partition coefficient (Wildman–Crippen LogP) is 6.53. The number of hydrogen-bond donors (Lipinski definition) is 2. The lowest BCUT2D eigenvalue weighted by Gasteiger charge is -2.31. The third-order valence-corrected chi connectivity index (χ3v) is 8.19. The van der Waals surface area contributed by atoms with Gasteiger partial charge in [-0.25, -0.2) is 9.59 Å². The Morgan fingerprint density at radius 3 is 1.51 bits per heavy atom. The minimum atomic E-state index is -1.97. The van der Waals surface area contributed by atoms with Crippen LogP contribution >= 0.6 is 0 Å². The second kappa shape index (κ2) is 10.5. The van der Waals surface area contributed by atoms with Crippen molar-refractivity contribution < 1.29 is 24.5 Å². The number of esters is 1. The maximum Gasteiger partial charge on any atom is 0.352 e. The lowest BCUT2D eigenvalue weighted by Crippen LogP contribution is -2.44. The first kappa shape index (κ1) is 25.4. The van der Waals surface area contributed by atoms with E-state index in [0.29, 0.717) is 23.0 Å². The molecule has 0 heterocycles. The summed E-state index contributed by atoms with van der Waals surface area (Å²) in [6.45, 7) is 2.73. The molecule has 2 aliphatic carbocycles. The molecule has 188 valence electrons. The summed E-state index contributed by atoms with van der Waals surface area (Å²) in [6.07, 6.45) is 12.0. The number of ether oxygens (including phenoxy) is 1. The fraction of sp³-hybridized carbons (Fsp3) is 0.533. The molecule has 2 saturated carbocycles. The molecule has 0 spiro atoms. The third-order valence-electron chi connectivity index (χ3n) is 8.19. The van der Waals surface area contributed by atoms with Gasteiger partial charge in [0, 0.05) is 5.56 Å². The molecule has 0 saturated heterocycles. The molecule has 2 N–H and O–H groups in total.